The zero-order valence-electron chi connectivity index (χ0n) is 13.1. The molecule has 7 heteroatoms. The van der Waals surface area contributed by atoms with Crippen LogP contribution in [0.15, 0.2) is 61.9 Å². The fourth-order valence-electron chi connectivity index (χ4n) is 2.11. The van der Waals surface area contributed by atoms with Crippen molar-refractivity contribution in [3.8, 4) is 11.5 Å². The number of nitrogens with one attached hydrogen (secondary N) is 2. The first-order valence-electron chi connectivity index (χ1n) is 7.42. The molecule has 0 bridgehead atoms. The van der Waals surface area contributed by atoms with Crippen molar-refractivity contribution in [2.75, 3.05) is 7.05 Å². The molecule has 3 rings (SSSR count). The van der Waals surface area contributed by atoms with Crippen LogP contribution in [-0.4, -0.2) is 18.0 Å². The predicted molar refractivity (Wildman–Crippen MR) is 101 cm³/mol. The molecule has 2 heterocycles. The quantitative estimate of drug-likeness (QED) is 0.497. The van der Waals surface area contributed by atoms with Gasteiger partial charge in [0.25, 0.3) is 0 Å². The van der Waals surface area contributed by atoms with Crippen molar-refractivity contribution >= 4 is 33.2 Å². The first-order chi connectivity index (χ1) is 11.7. The highest BCUT2D eigenvalue weighted by Gasteiger charge is 2.07. The van der Waals surface area contributed by atoms with Crippen molar-refractivity contribution in [3.05, 3.63) is 63.1 Å². The van der Waals surface area contributed by atoms with Gasteiger partial charge in [0.15, 0.2) is 5.96 Å². The minimum Gasteiger partial charge on any atom is -0.444 e. The highest BCUT2D eigenvalue weighted by Crippen LogP contribution is 2.19. The number of aliphatic imine (C=N–C) groups is 1. The van der Waals surface area contributed by atoms with Crippen LogP contribution in [0, 0.1) is 0 Å². The predicted octanol–water partition coefficient (Wildman–Crippen LogP) is 4.03. The van der Waals surface area contributed by atoms with Crippen molar-refractivity contribution in [3.63, 3.8) is 0 Å². The lowest BCUT2D eigenvalue weighted by Crippen LogP contribution is -2.36. The molecule has 0 atom stereocenters. The molecule has 0 aliphatic carbocycles. The van der Waals surface area contributed by atoms with Crippen LogP contribution in [0.5, 0.6) is 0 Å². The van der Waals surface area contributed by atoms with Crippen molar-refractivity contribution < 1.29 is 4.42 Å². The average molecular weight is 405 g/mol. The van der Waals surface area contributed by atoms with Crippen LogP contribution >= 0.6 is 27.3 Å². The zero-order chi connectivity index (χ0) is 16.8. The molecule has 124 valence electrons. The second-order valence-corrected chi connectivity index (χ2v) is 6.93. The van der Waals surface area contributed by atoms with Crippen molar-refractivity contribution in [2.45, 2.75) is 13.1 Å². The molecule has 0 fully saturated rings. The summed E-state index contributed by atoms with van der Waals surface area (Å²) in [5, 5.41) is 8.58. The Kier molecular flexibility index (Phi) is 5.66. The Hall–Kier alpha value is -2.12. The summed E-state index contributed by atoms with van der Waals surface area (Å²) in [5.41, 5.74) is 1.80. The zero-order valence-corrected chi connectivity index (χ0v) is 15.5. The van der Waals surface area contributed by atoms with E-state index in [0.717, 1.165) is 28.2 Å². The van der Waals surface area contributed by atoms with Gasteiger partial charge in [-0.05, 0) is 34.1 Å². The lowest BCUT2D eigenvalue weighted by atomic mass is 10.2. The molecule has 2 aromatic heterocycles. The van der Waals surface area contributed by atoms with Gasteiger partial charge in [-0.1, -0.05) is 18.2 Å². The number of nitrogens with zero attached hydrogens (tertiary/aromatic N) is 2. The minimum absolute atomic E-state index is 0.546. The number of aromatic nitrogens is 1. The molecule has 2 N–H and O–H groups in total. The highest BCUT2D eigenvalue weighted by atomic mass is 79.9. The number of oxazole rings is 1. The van der Waals surface area contributed by atoms with Gasteiger partial charge in [0.05, 0.1) is 18.8 Å². The van der Waals surface area contributed by atoms with E-state index in [1.165, 1.54) is 4.88 Å². The van der Waals surface area contributed by atoms with E-state index in [0.29, 0.717) is 12.4 Å². The van der Waals surface area contributed by atoms with E-state index in [-0.39, 0.29) is 0 Å². The number of hydrogen-bond donors (Lipinski definition) is 2. The number of thiophene rings is 1. The molecule has 0 saturated heterocycles. The Morgan fingerprint density at radius 1 is 1.25 bits per heavy atom. The Bertz CT molecular complexity index is 813. The molecule has 0 saturated carbocycles. The number of rotatable bonds is 5. The molecular weight excluding hydrogens is 388 g/mol. The summed E-state index contributed by atoms with van der Waals surface area (Å²) in [6.45, 7) is 1.27. The van der Waals surface area contributed by atoms with Crippen LogP contribution in [0.3, 0.4) is 0 Å². The normalized spacial score (nSPS) is 11.5. The topological polar surface area (TPSA) is 62.5 Å². The molecule has 0 unspecified atom stereocenters. The van der Waals surface area contributed by atoms with Gasteiger partial charge >= 0.3 is 0 Å². The fraction of sp³-hybridized carbons (Fsp3) is 0.176. The second-order valence-electron chi connectivity index (χ2n) is 5.02. The molecule has 24 heavy (non-hydrogen) atoms. The molecule has 0 amide bonds. The number of hydrogen-bond acceptors (Lipinski definition) is 4. The largest absolute Gasteiger partial charge is 0.444 e. The summed E-state index contributed by atoms with van der Waals surface area (Å²) in [5.74, 6) is 1.35. The van der Waals surface area contributed by atoms with Crippen LogP contribution < -0.4 is 10.6 Å². The van der Waals surface area contributed by atoms with Gasteiger partial charge in [-0.25, -0.2) is 4.98 Å². The molecule has 5 nitrogen and oxygen atoms in total. The van der Waals surface area contributed by atoms with Crippen LogP contribution in [-0.2, 0) is 13.1 Å². The van der Waals surface area contributed by atoms with Gasteiger partial charge in [-0.2, -0.15) is 0 Å². The third kappa shape index (κ3) is 4.46. The van der Waals surface area contributed by atoms with Gasteiger partial charge in [0.1, 0.15) is 6.26 Å². The second kappa shape index (κ2) is 8.12. The molecule has 0 aliphatic rings. The average Bonchev–Trinajstić information content (AvgIpc) is 3.25. The molecule has 0 radical (unpaired) electrons. The van der Waals surface area contributed by atoms with Crippen LogP contribution in [0.2, 0.25) is 0 Å². The number of benzene rings is 1. The maximum absolute atomic E-state index is 5.53. The van der Waals surface area contributed by atoms with Gasteiger partial charge < -0.3 is 15.1 Å². The molecular formula is C17H17BrN4OS. The maximum atomic E-state index is 5.53. The highest BCUT2D eigenvalue weighted by molar-refractivity contribution is 9.10. The minimum atomic E-state index is 0.546. The summed E-state index contributed by atoms with van der Waals surface area (Å²) < 4.78 is 6.63. The Morgan fingerprint density at radius 2 is 2.04 bits per heavy atom. The third-order valence-electron chi connectivity index (χ3n) is 3.28. The van der Waals surface area contributed by atoms with Crippen LogP contribution in [0.1, 0.15) is 10.6 Å². The first kappa shape index (κ1) is 16.7. The van der Waals surface area contributed by atoms with Crippen molar-refractivity contribution in [1.29, 1.82) is 0 Å². The lowest BCUT2D eigenvalue weighted by Gasteiger charge is -2.09. The van der Waals surface area contributed by atoms with E-state index < -0.39 is 0 Å². The van der Waals surface area contributed by atoms with Crippen molar-refractivity contribution in [2.24, 2.45) is 4.99 Å². The molecule has 0 aliphatic heterocycles. The van der Waals surface area contributed by atoms with Crippen LogP contribution in [0.25, 0.3) is 11.5 Å². The van der Waals surface area contributed by atoms with Gasteiger partial charge in [0.2, 0.25) is 5.89 Å². The lowest BCUT2D eigenvalue weighted by molar-refractivity contribution is 0.572. The summed E-state index contributed by atoms with van der Waals surface area (Å²) in [6.07, 6.45) is 1.67. The Balaban J connectivity index is 1.53. The van der Waals surface area contributed by atoms with E-state index in [1.807, 2.05) is 30.3 Å². The van der Waals surface area contributed by atoms with Gasteiger partial charge in [-0.15, -0.1) is 11.3 Å². The van der Waals surface area contributed by atoms with E-state index in [9.17, 15) is 0 Å². The van der Waals surface area contributed by atoms with E-state index in [2.05, 4.69) is 48.0 Å². The molecule has 0 spiro atoms. The number of halogens is 1. The fourth-order valence-corrected chi connectivity index (χ4v) is 3.50. The summed E-state index contributed by atoms with van der Waals surface area (Å²) >= 11 is 5.16. The molecule has 1 aromatic carbocycles. The number of guanidine groups is 1. The smallest absolute Gasteiger partial charge is 0.226 e. The standard InChI is InChI=1S/C17H17BrN4OS/c1-19-17(21-9-15-7-13(18)11-24-15)20-8-14-10-23-16(22-14)12-5-3-2-4-6-12/h2-7,10-11H,8-9H2,1H3,(H2,19,20,21). The summed E-state index contributed by atoms with van der Waals surface area (Å²) in [6, 6.07) is 11.9. The van der Waals surface area contributed by atoms with E-state index >= 15 is 0 Å². The maximum Gasteiger partial charge on any atom is 0.226 e. The Labute approximate surface area is 153 Å². The first-order valence-corrected chi connectivity index (χ1v) is 9.09. The van der Waals surface area contributed by atoms with E-state index in [1.54, 1.807) is 24.6 Å². The summed E-state index contributed by atoms with van der Waals surface area (Å²) in [7, 11) is 1.75. The Morgan fingerprint density at radius 3 is 2.75 bits per heavy atom. The van der Waals surface area contributed by atoms with E-state index in [4.69, 9.17) is 4.42 Å². The van der Waals surface area contributed by atoms with Gasteiger partial charge in [-0.3, -0.25) is 4.99 Å². The van der Waals surface area contributed by atoms with Crippen molar-refractivity contribution in [1.82, 2.24) is 15.6 Å². The summed E-state index contributed by atoms with van der Waals surface area (Å²) in [4.78, 5) is 9.95. The van der Waals surface area contributed by atoms with Crippen LogP contribution in [0.4, 0.5) is 0 Å². The van der Waals surface area contributed by atoms with Gasteiger partial charge in [0, 0.05) is 27.3 Å². The SMILES string of the molecule is CN=C(NCc1coc(-c2ccccc2)n1)NCc1cc(Br)cs1. The monoisotopic (exact) mass is 404 g/mol. The molecule has 3 aromatic rings. The third-order valence-corrected chi connectivity index (χ3v) is 4.98.